The third-order valence-electron chi connectivity index (χ3n) is 15.8. The molecule has 0 fully saturated rings. The normalized spacial score (nSPS) is 14.7. The fourth-order valence-electron chi connectivity index (χ4n) is 9.96. The Balaban J connectivity index is 5.41. The molecule has 582 valence electrons. The minimum Gasteiger partial charge on any atom is -0.462 e. The monoisotopic (exact) mass is 1470 g/mol. The van der Waals surface area contributed by atoms with Crippen LogP contribution in [-0.2, 0) is 65.4 Å². The fourth-order valence-corrected chi connectivity index (χ4v) is 11.5. The van der Waals surface area contributed by atoms with E-state index in [1.54, 1.807) is 0 Å². The molecule has 0 aromatic carbocycles. The van der Waals surface area contributed by atoms with Crippen molar-refractivity contribution in [2.24, 2.45) is 0 Å². The number of ether oxygens (including phenoxy) is 4. The first kappa shape index (κ1) is 96.9. The van der Waals surface area contributed by atoms with Gasteiger partial charge >= 0.3 is 39.5 Å². The summed E-state index contributed by atoms with van der Waals surface area (Å²) in [6, 6.07) is 0. The molecule has 102 heavy (non-hydrogen) atoms. The SMILES string of the molecule is CC/C=C\C/C=C\C/C=C\C/C=C\CCCCCCC(=O)OCC(COP(=O)(O)OCC(O)COP(=O)(O)OCC(COC(=O)CCCCCC/C=C\C/C=C\C/C=C\C/C=C\CC)OC(=O)CCCCCCCCCCCCC)OC(=O)CCCCCC/C=C\C/C=C\C/C=C\C/C=C\CC. The van der Waals surface area contributed by atoms with Gasteiger partial charge in [0.1, 0.15) is 19.3 Å². The first-order valence-electron chi connectivity index (χ1n) is 39.1. The van der Waals surface area contributed by atoms with Crippen LogP contribution in [0.1, 0.15) is 297 Å². The molecule has 0 saturated heterocycles. The van der Waals surface area contributed by atoms with E-state index in [-0.39, 0.29) is 25.7 Å². The quantitative estimate of drug-likeness (QED) is 0.0169. The van der Waals surface area contributed by atoms with E-state index < -0.39 is 97.5 Å². The number of hydrogen-bond donors (Lipinski definition) is 3. The highest BCUT2D eigenvalue weighted by Gasteiger charge is 2.30. The maximum absolute atomic E-state index is 13.1. The van der Waals surface area contributed by atoms with E-state index in [2.05, 4.69) is 174 Å². The topological polar surface area (TPSA) is 237 Å². The Morgan fingerprint density at radius 3 is 0.784 bits per heavy atom. The van der Waals surface area contributed by atoms with Gasteiger partial charge < -0.3 is 33.8 Å². The van der Waals surface area contributed by atoms with Gasteiger partial charge in [0.25, 0.3) is 0 Å². The van der Waals surface area contributed by atoms with Crippen molar-refractivity contribution < 1.29 is 80.2 Å². The standard InChI is InChI=1S/C83H138O17P2/c1-5-9-13-17-21-25-29-32-35-38-41-44-48-51-55-59-63-67-80(85)93-73-78(99-82(87)69-65-61-57-53-47-28-24-20-16-12-8-4)75-97-101(89,90)95-71-77(84)72-96-102(91,92)98-76-79(100-83(88)70-66-62-58-54-50-46-43-40-37-34-31-27-23-19-15-11-7-3)74-94-81(86)68-64-60-56-52-49-45-42-39-36-33-30-26-22-18-14-10-6-2/h9-11,13-15,21-23,25-27,32-37,41-46,77-79,84H,5-8,12,16-20,24,28-31,38-40,47-76H2,1-4H3,(H,89,90)(H,91,92)/b13-9-,14-10-,15-11-,25-21-,26-22-,27-23-,35-32-,36-33-,37-34-,44-41-,45-42-,46-43-. The number of allylic oxidation sites excluding steroid dienone is 24. The lowest BCUT2D eigenvalue weighted by Gasteiger charge is -2.21. The highest BCUT2D eigenvalue weighted by molar-refractivity contribution is 7.47. The van der Waals surface area contributed by atoms with Crippen molar-refractivity contribution >= 4 is 39.5 Å². The van der Waals surface area contributed by atoms with Crippen molar-refractivity contribution in [1.29, 1.82) is 0 Å². The Kier molecular flexibility index (Phi) is 70.5. The van der Waals surface area contributed by atoms with E-state index in [1.165, 1.54) is 38.5 Å². The molecule has 0 amide bonds. The molecule has 0 saturated carbocycles. The van der Waals surface area contributed by atoms with Gasteiger partial charge in [-0.25, -0.2) is 9.13 Å². The van der Waals surface area contributed by atoms with E-state index in [0.717, 1.165) is 180 Å². The summed E-state index contributed by atoms with van der Waals surface area (Å²) >= 11 is 0. The molecule has 0 aliphatic rings. The van der Waals surface area contributed by atoms with Crippen molar-refractivity contribution in [3.8, 4) is 0 Å². The predicted molar refractivity (Wildman–Crippen MR) is 417 cm³/mol. The number of unbranched alkanes of at least 4 members (excludes halogenated alkanes) is 22. The van der Waals surface area contributed by atoms with Crippen LogP contribution in [0.2, 0.25) is 0 Å². The van der Waals surface area contributed by atoms with Crippen LogP contribution in [0.3, 0.4) is 0 Å². The molecule has 0 spiro atoms. The van der Waals surface area contributed by atoms with Gasteiger partial charge in [-0.3, -0.25) is 37.3 Å². The second kappa shape index (κ2) is 74.2. The molecule has 0 radical (unpaired) electrons. The summed E-state index contributed by atoms with van der Waals surface area (Å²) in [5, 5.41) is 10.6. The van der Waals surface area contributed by atoms with Crippen molar-refractivity contribution in [3.05, 3.63) is 146 Å². The van der Waals surface area contributed by atoms with Crippen LogP contribution in [0.15, 0.2) is 146 Å². The maximum Gasteiger partial charge on any atom is 0.472 e. The zero-order valence-corrected chi connectivity index (χ0v) is 65.3. The molecule has 0 rings (SSSR count). The number of rotatable bonds is 72. The van der Waals surface area contributed by atoms with Gasteiger partial charge in [-0.05, 0) is 141 Å². The summed E-state index contributed by atoms with van der Waals surface area (Å²) in [6.45, 7) is 4.44. The smallest absolute Gasteiger partial charge is 0.462 e. The van der Waals surface area contributed by atoms with Crippen molar-refractivity contribution in [2.75, 3.05) is 39.6 Å². The molecular formula is C83H138O17P2. The first-order chi connectivity index (χ1) is 49.7. The Labute approximate surface area is 617 Å². The highest BCUT2D eigenvalue weighted by atomic mass is 31.2. The third kappa shape index (κ3) is 73.3. The van der Waals surface area contributed by atoms with Crippen molar-refractivity contribution in [3.63, 3.8) is 0 Å². The van der Waals surface area contributed by atoms with Crippen LogP contribution in [0.4, 0.5) is 0 Å². The minimum atomic E-state index is -4.99. The number of carbonyl (C=O) groups is 4. The molecule has 0 aromatic rings. The first-order valence-corrected chi connectivity index (χ1v) is 42.1. The van der Waals surface area contributed by atoms with Crippen molar-refractivity contribution in [2.45, 2.75) is 316 Å². The largest absolute Gasteiger partial charge is 0.472 e. The average Bonchev–Trinajstić information content (AvgIpc) is 0.994. The summed E-state index contributed by atoms with van der Waals surface area (Å²) in [5.74, 6) is -2.26. The van der Waals surface area contributed by atoms with Crippen LogP contribution >= 0.6 is 15.6 Å². The maximum atomic E-state index is 13.1. The molecule has 0 aromatic heterocycles. The lowest BCUT2D eigenvalue weighted by atomic mass is 10.1. The van der Waals surface area contributed by atoms with E-state index in [9.17, 15) is 43.2 Å². The summed E-state index contributed by atoms with van der Waals surface area (Å²) in [4.78, 5) is 72.9. The van der Waals surface area contributed by atoms with Gasteiger partial charge in [0, 0.05) is 25.7 Å². The van der Waals surface area contributed by atoms with Gasteiger partial charge in [0.15, 0.2) is 12.2 Å². The molecule has 19 heteroatoms. The van der Waals surface area contributed by atoms with E-state index in [1.807, 2.05) is 0 Å². The van der Waals surface area contributed by atoms with Gasteiger partial charge in [0.05, 0.1) is 26.4 Å². The zero-order valence-electron chi connectivity index (χ0n) is 63.5. The van der Waals surface area contributed by atoms with Crippen molar-refractivity contribution in [1.82, 2.24) is 0 Å². The van der Waals surface area contributed by atoms with Gasteiger partial charge in [-0.15, -0.1) is 0 Å². The number of carbonyl (C=O) groups excluding carboxylic acids is 4. The molecule has 5 atom stereocenters. The number of aliphatic hydroxyl groups excluding tert-OH is 1. The third-order valence-corrected chi connectivity index (χ3v) is 17.7. The Morgan fingerprint density at radius 1 is 0.284 bits per heavy atom. The predicted octanol–water partition coefficient (Wildman–Crippen LogP) is 22.7. The summed E-state index contributed by atoms with van der Waals surface area (Å²) in [6.07, 6.45) is 84.0. The van der Waals surface area contributed by atoms with Gasteiger partial charge in [0.2, 0.25) is 0 Å². The van der Waals surface area contributed by atoms with Crippen LogP contribution < -0.4 is 0 Å². The summed E-state index contributed by atoms with van der Waals surface area (Å²) in [7, 11) is -9.98. The number of phosphoric acid groups is 2. The Morgan fingerprint density at radius 2 is 0.510 bits per heavy atom. The minimum absolute atomic E-state index is 0.0568. The number of aliphatic hydroxyl groups is 1. The Hall–Kier alpha value is -5.06. The molecule has 5 unspecified atom stereocenters. The zero-order chi connectivity index (χ0) is 74.6. The molecule has 17 nitrogen and oxygen atoms in total. The van der Waals surface area contributed by atoms with E-state index in [0.29, 0.717) is 25.7 Å². The molecule has 0 aliphatic heterocycles. The van der Waals surface area contributed by atoms with Crippen LogP contribution in [0.25, 0.3) is 0 Å². The van der Waals surface area contributed by atoms with Gasteiger partial charge in [-0.1, -0.05) is 276 Å². The molecule has 0 aliphatic carbocycles. The van der Waals surface area contributed by atoms with Crippen LogP contribution in [0, 0.1) is 0 Å². The van der Waals surface area contributed by atoms with Gasteiger partial charge in [-0.2, -0.15) is 0 Å². The lowest BCUT2D eigenvalue weighted by Crippen LogP contribution is -2.30. The van der Waals surface area contributed by atoms with E-state index >= 15 is 0 Å². The van der Waals surface area contributed by atoms with Crippen LogP contribution in [0.5, 0.6) is 0 Å². The van der Waals surface area contributed by atoms with Crippen LogP contribution in [-0.4, -0.2) is 96.7 Å². The number of esters is 4. The highest BCUT2D eigenvalue weighted by Crippen LogP contribution is 2.45. The number of phosphoric ester groups is 2. The molecule has 3 N–H and O–H groups in total. The lowest BCUT2D eigenvalue weighted by molar-refractivity contribution is -0.161. The Bertz CT molecular complexity index is 2510. The second-order valence-corrected chi connectivity index (χ2v) is 28.4. The molecule has 0 heterocycles. The number of hydrogen-bond acceptors (Lipinski definition) is 15. The molecular weight excluding hydrogens is 1330 g/mol. The summed E-state index contributed by atoms with van der Waals surface area (Å²) in [5.41, 5.74) is 0. The second-order valence-electron chi connectivity index (χ2n) is 25.5. The fraction of sp³-hybridized carbons (Fsp3) is 0.663. The van der Waals surface area contributed by atoms with E-state index in [4.69, 9.17) is 37.0 Å². The summed E-state index contributed by atoms with van der Waals surface area (Å²) < 4.78 is 68.5. The molecule has 0 bridgehead atoms. The average molecular weight is 1470 g/mol.